The highest BCUT2D eigenvalue weighted by Crippen LogP contribution is 1.69. The van der Waals surface area contributed by atoms with Crippen molar-refractivity contribution >= 4 is 26.1 Å². The van der Waals surface area contributed by atoms with Gasteiger partial charge in [0, 0.05) is 6.42 Å². The van der Waals surface area contributed by atoms with Gasteiger partial charge in [0.25, 0.3) is 0 Å². The third kappa shape index (κ3) is 2.50. The van der Waals surface area contributed by atoms with Crippen molar-refractivity contribution < 1.29 is 5.11 Å². The highest BCUT2D eigenvalue weighted by atomic mass is 32.8. The Balaban J connectivity index is 3.52. The summed E-state index contributed by atoms with van der Waals surface area (Å²) in [6.45, 7) is 1.86. The first-order valence-corrected chi connectivity index (χ1v) is 3.40. The van der Waals surface area contributed by atoms with Gasteiger partial charge in [-0.25, -0.2) is 0 Å². The van der Waals surface area contributed by atoms with E-state index in [-0.39, 0.29) is 0 Å². The van der Waals surface area contributed by atoms with E-state index in [1.54, 1.807) is 0 Å². The smallest absolute Gasteiger partial charge is 0.112 e. The predicted molar refractivity (Wildman–Crippen MR) is 32.7 cm³/mol. The average Bonchev–Trinajstić information content (AvgIpc) is 1.65. The van der Waals surface area contributed by atoms with Crippen LogP contribution in [-0.2, 0) is 21.1 Å². The number of rotatable bonds is 1. The first kappa shape index (κ1) is 6.27. The predicted octanol–water partition coefficient (Wildman–Crippen LogP) is 0.629. The van der Waals surface area contributed by atoms with E-state index in [4.69, 9.17) is 5.11 Å². The minimum Gasteiger partial charge on any atom is -0.354 e. The molecular weight excluding hydrogens is 116 g/mol. The monoisotopic (exact) mass is 122 g/mol. The van der Waals surface area contributed by atoms with Gasteiger partial charge < -0.3 is 5.11 Å². The highest BCUT2D eigenvalue weighted by molar-refractivity contribution is 8.17. The zero-order valence-corrected chi connectivity index (χ0v) is 5.10. The molecule has 0 aromatic carbocycles. The van der Waals surface area contributed by atoms with Gasteiger partial charge in [-0.2, -0.15) is 0 Å². The third-order valence-corrected chi connectivity index (χ3v) is 1.46. The number of hydrogen-bond donors (Lipinski definition) is 1. The van der Waals surface area contributed by atoms with E-state index >= 15 is 0 Å². The van der Waals surface area contributed by atoms with Crippen LogP contribution in [0.3, 0.4) is 0 Å². The lowest BCUT2D eigenvalue weighted by atomic mass is 10.5. The fraction of sp³-hybridized carbons (Fsp3) is 0.667. The molecule has 1 nitrogen and oxygen atoms in total. The quantitative estimate of drug-likeness (QED) is 0.515. The van der Waals surface area contributed by atoms with Gasteiger partial charge in [-0.05, 0) is 21.1 Å². The zero-order valence-electron chi connectivity index (χ0n) is 3.47. The van der Waals surface area contributed by atoms with E-state index in [0.29, 0.717) is 11.5 Å². The molecule has 0 aliphatic carbocycles. The molecule has 3 heteroatoms. The second-order valence-electron chi connectivity index (χ2n) is 0.831. The molecule has 0 aromatic heterocycles. The Bertz CT molecular complexity index is 82.8. The van der Waals surface area contributed by atoms with Crippen molar-refractivity contribution in [2.45, 2.75) is 13.3 Å². The van der Waals surface area contributed by atoms with Crippen LogP contribution < -0.4 is 0 Å². The van der Waals surface area contributed by atoms with Crippen LogP contribution in [0.5, 0.6) is 0 Å². The van der Waals surface area contributed by atoms with Gasteiger partial charge in [0.1, 0.15) is 5.05 Å². The van der Waals surface area contributed by atoms with E-state index < -0.39 is 0 Å². The second kappa shape index (κ2) is 3.46. The minimum absolute atomic E-state index is 0.324. The molecule has 0 saturated heterocycles. The standard InChI is InChI=1S/C3H6OS2/c1-2-3(4)6-5/h4H,2H2,1H3. The molecule has 0 aliphatic rings. The van der Waals surface area contributed by atoms with E-state index in [2.05, 4.69) is 11.2 Å². The van der Waals surface area contributed by atoms with Crippen LogP contribution in [-0.4, -0.2) is 10.2 Å². The Labute approximate surface area is 45.2 Å². The first-order chi connectivity index (χ1) is 2.81. The van der Waals surface area contributed by atoms with Crippen molar-refractivity contribution in [3.8, 4) is 0 Å². The summed E-state index contributed by atoms with van der Waals surface area (Å²) < 4.78 is 0. The molecule has 0 saturated carbocycles. The third-order valence-electron chi connectivity index (χ3n) is 0.399. The lowest BCUT2D eigenvalue weighted by Crippen LogP contribution is -1.87. The van der Waals surface area contributed by atoms with Crippen molar-refractivity contribution in [1.29, 1.82) is 0 Å². The largest absolute Gasteiger partial charge is 0.354 e. The Hall–Kier alpha value is 0.270. The van der Waals surface area contributed by atoms with Crippen LogP contribution in [0, 0.1) is 0 Å². The molecule has 1 N–H and O–H groups in total. The van der Waals surface area contributed by atoms with Crippen LogP contribution in [0.4, 0.5) is 0 Å². The minimum atomic E-state index is 0.324. The summed E-state index contributed by atoms with van der Waals surface area (Å²) in [7, 11) is 0.980. The van der Waals surface area contributed by atoms with Crippen LogP contribution in [0.25, 0.3) is 0 Å². The van der Waals surface area contributed by atoms with Gasteiger partial charge in [0.15, 0.2) is 0 Å². The summed E-state index contributed by atoms with van der Waals surface area (Å²) in [5.74, 6) is 0. The summed E-state index contributed by atoms with van der Waals surface area (Å²) in [6, 6.07) is 0. The Morgan fingerprint density at radius 2 is 2.50 bits per heavy atom. The summed E-state index contributed by atoms with van der Waals surface area (Å²) >= 11 is 4.40. The maximum absolute atomic E-state index is 8.44. The van der Waals surface area contributed by atoms with Gasteiger partial charge in [-0.15, -0.1) is 0 Å². The lowest BCUT2D eigenvalue weighted by Gasteiger charge is -1.77. The van der Waals surface area contributed by atoms with Crippen molar-refractivity contribution in [2.24, 2.45) is 0 Å². The summed E-state index contributed by atoms with van der Waals surface area (Å²) in [5, 5.41) is 8.77. The van der Waals surface area contributed by atoms with Crippen molar-refractivity contribution in [1.82, 2.24) is 0 Å². The molecule has 0 spiro atoms. The maximum Gasteiger partial charge on any atom is 0.112 e. The molecule has 0 radical (unpaired) electrons. The van der Waals surface area contributed by atoms with Crippen molar-refractivity contribution in [3.63, 3.8) is 0 Å². The Kier molecular flexibility index (Phi) is 3.62. The van der Waals surface area contributed by atoms with Crippen LogP contribution in [0.15, 0.2) is 0 Å². The average molecular weight is 122 g/mol. The molecule has 6 heavy (non-hydrogen) atoms. The van der Waals surface area contributed by atoms with Crippen LogP contribution in [0.1, 0.15) is 13.3 Å². The summed E-state index contributed by atoms with van der Waals surface area (Å²) in [5.41, 5.74) is 0. The van der Waals surface area contributed by atoms with E-state index in [9.17, 15) is 0 Å². The highest BCUT2D eigenvalue weighted by Gasteiger charge is 1.75. The maximum atomic E-state index is 8.44. The van der Waals surface area contributed by atoms with Gasteiger partial charge in [-0.1, -0.05) is 6.92 Å². The molecule has 0 fully saturated rings. The molecule has 0 heterocycles. The fourth-order valence-electron chi connectivity index (χ4n) is 0.0589. The van der Waals surface area contributed by atoms with Gasteiger partial charge in [-0.3, -0.25) is 0 Å². The van der Waals surface area contributed by atoms with Gasteiger partial charge in [0.2, 0.25) is 0 Å². The number of aliphatic hydroxyl groups is 1. The zero-order chi connectivity index (χ0) is 4.99. The SMILES string of the molecule is CCC(O)=S=S. The first-order valence-electron chi connectivity index (χ1n) is 1.66. The van der Waals surface area contributed by atoms with E-state index in [1.807, 2.05) is 6.92 Å². The molecule has 0 atom stereocenters. The normalized spacial score (nSPS) is 7.67. The fourth-order valence-corrected chi connectivity index (χ4v) is 0.530. The van der Waals surface area contributed by atoms with Crippen molar-refractivity contribution in [2.75, 3.05) is 0 Å². The van der Waals surface area contributed by atoms with E-state index in [1.165, 1.54) is 0 Å². The Morgan fingerprint density at radius 1 is 2.00 bits per heavy atom. The van der Waals surface area contributed by atoms with E-state index in [0.717, 1.165) is 9.91 Å². The number of hydrogen-bond acceptors (Lipinski definition) is 1. The van der Waals surface area contributed by atoms with Crippen LogP contribution >= 0.6 is 0 Å². The van der Waals surface area contributed by atoms with Gasteiger partial charge >= 0.3 is 0 Å². The van der Waals surface area contributed by atoms with Crippen molar-refractivity contribution in [3.05, 3.63) is 0 Å². The molecular formula is C3H6OS2. The second-order valence-corrected chi connectivity index (χ2v) is 1.97. The topological polar surface area (TPSA) is 20.2 Å². The lowest BCUT2D eigenvalue weighted by molar-refractivity contribution is 0.553. The van der Waals surface area contributed by atoms with Crippen LogP contribution in [0.2, 0.25) is 0 Å². The molecule has 0 aliphatic heterocycles. The molecule has 0 bridgehead atoms. The van der Waals surface area contributed by atoms with Gasteiger partial charge in [0.05, 0.1) is 0 Å². The molecule has 0 amide bonds. The molecule has 36 valence electrons. The Morgan fingerprint density at radius 3 is 2.50 bits per heavy atom. The summed E-state index contributed by atoms with van der Waals surface area (Å²) in [6.07, 6.45) is 0.661. The molecule has 0 aromatic rings. The molecule has 0 unspecified atom stereocenters. The molecule has 0 rings (SSSR count). The number of aliphatic hydroxyl groups excluding tert-OH is 1. The summed E-state index contributed by atoms with van der Waals surface area (Å²) in [4.78, 5) is 0.